The number of H-pyrrole nitrogens is 1. The number of halogens is 3. The number of aromatic amines is 1. The number of nitrogens with one attached hydrogen (secondary N) is 3. The minimum Gasteiger partial charge on any atom is -0.361 e. The van der Waals surface area contributed by atoms with Crippen LogP contribution in [0.4, 0.5) is 19.1 Å². The first kappa shape index (κ1) is 23.9. The summed E-state index contributed by atoms with van der Waals surface area (Å²) >= 11 is 0. The summed E-state index contributed by atoms with van der Waals surface area (Å²) in [6, 6.07) is 4.00. The Morgan fingerprint density at radius 3 is 2.59 bits per heavy atom. The zero-order valence-electron chi connectivity index (χ0n) is 20.8. The number of hydrogen-bond acceptors (Lipinski definition) is 7. The second-order valence-electron chi connectivity index (χ2n) is 10.3. The van der Waals surface area contributed by atoms with Gasteiger partial charge in [0.05, 0.1) is 22.6 Å². The zero-order chi connectivity index (χ0) is 25.9. The fourth-order valence-corrected chi connectivity index (χ4v) is 5.94. The van der Waals surface area contributed by atoms with Gasteiger partial charge in [0.2, 0.25) is 5.95 Å². The van der Waals surface area contributed by atoms with E-state index in [0.29, 0.717) is 51.6 Å². The maximum Gasteiger partial charge on any atom is 0.419 e. The van der Waals surface area contributed by atoms with Gasteiger partial charge >= 0.3 is 6.18 Å². The van der Waals surface area contributed by atoms with Gasteiger partial charge in [0.1, 0.15) is 17.0 Å². The van der Waals surface area contributed by atoms with Crippen molar-refractivity contribution >= 4 is 17.0 Å². The molecule has 3 N–H and O–H groups in total. The van der Waals surface area contributed by atoms with Crippen molar-refractivity contribution in [3.63, 3.8) is 0 Å². The van der Waals surface area contributed by atoms with Crippen LogP contribution in [0.5, 0.6) is 0 Å². The summed E-state index contributed by atoms with van der Waals surface area (Å²) in [5.74, 6) is 2.03. The van der Waals surface area contributed by atoms with Gasteiger partial charge in [-0.05, 0) is 70.5 Å². The van der Waals surface area contributed by atoms with E-state index >= 15 is 0 Å². The topological polar surface area (TPSA) is 105 Å². The van der Waals surface area contributed by atoms with E-state index in [9.17, 15) is 13.2 Å². The van der Waals surface area contributed by atoms with Crippen LogP contribution in [-0.2, 0) is 6.18 Å². The molecule has 4 heterocycles. The highest BCUT2D eigenvalue weighted by molar-refractivity contribution is 5.94. The van der Waals surface area contributed by atoms with Gasteiger partial charge in [-0.3, -0.25) is 0 Å². The molecular weight excluding hydrogens is 483 g/mol. The minimum absolute atomic E-state index is 0.114. The summed E-state index contributed by atoms with van der Waals surface area (Å²) in [5, 5.41) is 11.2. The number of aromatic nitrogens is 5. The van der Waals surface area contributed by atoms with Crippen molar-refractivity contribution in [1.29, 1.82) is 0 Å². The molecule has 194 valence electrons. The van der Waals surface area contributed by atoms with Crippen molar-refractivity contribution in [2.75, 3.05) is 12.4 Å². The molecule has 0 unspecified atom stereocenters. The van der Waals surface area contributed by atoms with Crippen molar-refractivity contribution < 1.29 is 17.7 Å². The third-order valence-corrected chi connectivity index (χ3v) is 7.90. The summed E-state index contributed by atoms with van der Waals surface area (Å²) in [7, 11) is 1.96. The third kappa shape index (κ3) is 4.24. The predicted octanol–water partition coefficient (Wildman–Crippen LogP) is 5.50. The molecule has 0 amide bonds. The van der Waals surface area contributed by atoms with Crippen molar-refractivity contribution in [2.24, 2.45) is 11.8 Å². The molecule has 3 fully saturated rings. The molecule has 37 heavy (non-hydrogen) atoms. The normalized spacial score (nSPS) is 23.6. The van der Waals surface area contributed by atoms with Crippen LogP contribution in [-0.4, -0.2) is 44.2 Å². The molecule has 11 heteroatoms. The van der Waals surface area contributed by atoms with Crippen LogP contribution < -0.4 is 10.6 Å². The molecule has 0 spiro atoms. The predicted molar refractivity (Wildman–Crippen MR) is 133 cm³/mol. The number of rotatable bonds is 5. The average molecular weight is 512 g/mol. The van der Waals surface area contributed by atoms with Gasteiger partial charge in [0.25, 0.3) is 0 Å². The Hall–Kier alpha value is -3.47. The molecule has 3 aliphatic rings. The first-order valence-corrected chi connectivity index (χ1v) is 12.5. The van der Waals surface area contributed by atoms with Gasteiger partial charge in [-0.15, -0.1) is 0 Å². The lowest BCUT2D eigenvalue weighted by Gasteiger charge is -2.37. The zero-order valence-corrected chi connectivity index (χ0v) is 20.8. The molecule has 0 radical (unpaired) electrons. The second kappa shape index (κ2) is 8.83. The van der Waals surface area contributed by atoms with E-state index in [1.54, 1.807) is 19.1 Å². The number of fused-ring (bicyclic) bond motifs is 4. The minimum atomic E-state index is -4.61. The summed E-state index contributed by atoms with van der Waals surface area (Å²) < 4.78 is 47.4. The fourth-order valence-electron chi connectivity index (χ4n) is 5.94. The van der Waals surface area contributed by atoms with Crippen LogP contribution in [0, 0.1) is 25.7 Å². The van der Waals surface area contributed by atoms with Crippen LogP contribution in [0.2, 0.25) is 0 Å². The maximum absolute atomic E-state index is 14.0. The van der Waals surface area contributed by atoms with E-state index in [4.69, 9.17) is 4.52 Å². The van der Waals surface area contributed by atoms with Crippen LogP contribution in [0.3, 0.4) is 0 Å². The summed E-state index contributed by atoms with van der Waals surface area (Å²) in [6.45, 7) is 3.61. The first-order valence-electron chi connectivity index (χ1n) is 12.5. The molecule has 0 aromatic carbocycles. The lowest BCUT2D eigenvalue weighted by Crippen LogP contribution is -2.37. The molecule has 3 aliphatic carbocycles. The number of pyridine rings is 1. The average Bonchev–Trinajstić information content (AvgIpc) is 3.29. The van der Waals surface area contributed by atoms with Crippen molar-refractivity contribution in [1.82, 2.24) is 30.4 Å². The van der Waals surface area contributed by atoms with Gasteiger partial charge in [0, 0.05) is 35.4 Å². The Morgan fingerprint density at radius 2 is 1.89 bits per heavy atom. The number of hydrogen-bond donors (Lipinski definition) is 3. The maximum atomic E-state index is 14.0. The Labute approximate surface area is 211 Å². The van der Waals surface area contributed by atoms with Gasteiger partial charge in [-0.1, -0.05) is 5.16 Å². The van der Waals surface area contributed by atoms with Crippen LogP contribution in [0.1, 0.15) is 42.7 Å². The number of nitrogens with zero attached hydrogens (tertiary/aromatic N) is 4. The Balaban J connectivity index is 1.38. The molecule has 0 aliphatic heterocycles. The van der Waals surface area contributed by atoms with Crippen LogP contribution in [0.25, 0.3) is 33.5 Å². The smallest absolute Gasteiger partial charge is 0.361 e. The largest absolute Gasteiger partial charge is 0.419 e. The van der Waals surface area contributed by atoms with Crippen molar-refractivity contribution in [3.05, 3.63) is 41.5 Å². The molecule has 8 nitrogen and oxygen atoms in total. The van der Waals surface area contributed by atoms with E-state index < -0.39 is 11.7 Å². The Bertz CT molecular complexity index is 1430. The number of alkyl halides is 3. The van der Waals surface area contributed by atoms with Crippen molar-refractivity contribution in [3.8, 4) is 22.5 Å². The molecule has 3 saturated carbocycles. The molecule has 2 bridgehead atoms. The number of aryl methyl sites for hydroxylation is 2. The molecule has 4 aromatic heterocycles. The highest BCUT2D eigenvalue weighted by Gasteiger charge is 2.41. The first-order chi connectivity index (χ1) is 17.7. The standard InChI is InChI=1S/C26H28F3N7O/c1-12-22(13(2)37-36-12)20-5-4-17-18(10-31-24(17)33-20)23-19(26(27,28)29)11-32-25(35-23)34-21-9-16(30-3)8-14-6-15(21)7-14/h4-5,10-11,14-16,21,30H,6-9H2,1-3H3,(H,31,33)(H,32,34,35)/t14?,15?,16-,21+/m0/s1. The number of anilines is 1. The fraction of sp³-hybridized carbons (Fsp3) is 0.462. The van der Waals surface area contributed by atoms with E-state index in [-0.39, 0.29) is 17.7 Å². The second-order valence-corrected chi connectivity index (χ2v) is 10.3. The van der Waals surface area contributed by atoms with Gasteiger partial charge < -0.3 is 20.1 Å². The summed E-state index contributed by atoms with van der Waals surface area (Å²) in [6.07, 6.45) is 2.07. The lowest BCUT2D eigenvalue weighted by atomic mass is 9.72. The van der Waals surface area contributed by atoms with E-state index in [1.165, 1.54) is 6.20 Å². The monoisotopic (exact) mass is 511 g/mol. The van der Waals surface area contributed by atoms with E-state index in [2.05, 4.69) is 35.7 Å². The van der Waals surface area contributed by atoms with Gasteiger partial charge in [0.15, 0.2) is 0 Å². The Morgan fingerprint density at radius 1 is 1.08 bits per heavy atom. The SMILES string of the molecule is CN[C@H]1CC2CC(C2)[C@H](Nc2ncc(C(F)(F)F)c(-c3c[nH]c4nc(-c5c(C)noc5C)ccc34)n2)C1. The van der Waals surface area contributed by atoms with Crippen LogP contribution in [0.15, 0.2) is 29.0 Å². The molecular formula is C26H28F3N7O. The Kier molecular flexibility index (Phi) is 5.70. The van der Waals surface area contributed by atoms with Crippen LogP contribution >= 0.6 is 0 Å². The quantitative estimate of drug-likeness (QED) is 0.325. The molecule has 2 atom stereocenters. The lowest BCUT2D eigenvalue weighted by molar-refractivity contribution is -0.137. The third-order valence-electron chi connectivity index (χ3n) is 7.90. The summed E-state index contributed by atoms with van der Waals surface area (Å²) in [4.78, 5) is 16.2. The molecule has 4 aromatic rings. The molecule has 7 rings (SSSR count). The van der Waals surface area contributed by atoms with Gasteiger partial charge in [-0.2, -0.15) is 13.2 Å². The highest BCUT2D eigenvalue weighted by atomic mass is 19.4. The highest BCUT2D eigenvalue weighted by Crippen LogP contribution is 2.45. The van der Waals surface area contributed by atoms with Gasteiger partial charge in [-0.25, -0.2) is 15.0 Å². The van der Waals surface area contributed by atoms with E-state index in [1.807, 2.05) is 14.0 Å². The molecule has 0 saturated heterocycles. The summed E-state index contributed by atoms with van der Waals surface area (Å²) in [5.41, 5.74) is 1.81. The van der Waals surface area contributed by atoms with Crippen molar-refractivity contribution in [2.45, 2.75) is 57.8 Å². The van der Waals surface area contributed by atoms with E-state index in [0.717, 1.165) is 37.4 Å².